The van der Waals surface area contributed by atoms with Gasteiger partial charge in [-0.1, -0.05) is 0 Å². The van der Waals surface area contributed by atoms with Gasteiger partial charge in [0.05, 0.1) is 19.4 Å². The summed E-state index contributed by atoms with van der Waals surface area (Å²) < 4.78 is 4.80. The molecule has 0 saturated heterocycles. The van der Waals surface area contributed by atoms with Crippen molar-refractivity contribution in [1.82, 2.24) is 5.32 Å². The fourth-order valence-electron chi connectivity index (χ4n) is 1.51. The predicted octanol–water partition coefficient (Wildman–Crippen LogP) is 0.866. The van der Waals surface area contributed by atoms with Gasteiger partial charge in [-0.2, -0.15) is 0 Å². The van der Waals surface area contributed by atoms with Crippen LogP contribution < -0.4 is 10.6 Å². The van der Waals surface area contributed by atoms with Crippen LogP contribution in [0.4, 0.5) is 5.69 Å². The summed E-state index contributed by atoms with van der Waals surface area (Å²) in [4.78, 5) is 33.5. The molecule has 0 aromatic heterocycles. The van der Waals surface area contributed by atoms with E-state index in [1.165, 1.54) is 7.11 Å². The molecule has 0 radical (unpaired) electrons. The molecule has 0 unspecified atom stereocenters. The molecule has 114 valence electrons. The van der Waals surface area contributed by atoms with Gasteiger partial charge in [-0.05, 0) is 24.3 Å². The molecule has 0 fully saturated rings. The lowest BCUT2D eigenvalue weighted by atomic mass is 10.2. The molecule has 1 rings (SSSR count). The SMILES string of the molecule is COCCC(=O)Nc1ccc(C(=O)NCCC(=O)O)cc1. The minimum absolute atomic E-state index is 0.0731. The van der Waals surface area contributed by atoms with Gasteiger partial charge in [-0.3, -0.25) is 14.4 Å². The first kappa shape index (κ1) is 16.6. The normalized spacial score (nSPS) is 9.95. The summed E-state index contributed by atoms with van der Waals surface area (Å²) in [5.41, 5.74) is 0.980. The first-order valence-electron chi connectivity index (χ1n) is 6.41. The van der Waals surface area contributed by atoms with E-state index in [1.54, 1.807) is 24.3 Å². The molecule has 0 aliphatic carbocycles. The van der Waals surface area contributed by atoms with Crippen molar-refractivity contribution in [2.45, 2.75) is 12.8 Å². The third-order valence-corrected chi connectivity index (χ3v) is 2.59. The smallest absolute Gasteiger partial charge is 0.305 e. The second kappa shape index (κ2) is 8.70. The summed E-state index contributed by atoms with van der Waals surface area (Å²) in [6, 6.07) is 6.33. The first-order valence-corrected chi connectivity index (χ1v) is 6.41. The zero-order chi connectivity index (χ0) is 15.7. The van der Waals surface area contributed by atoms with Crippen molar-refractivity contribution in [3.05, 3.63) is 29.8 Å². The molecule has 7 nitrogen and oxygen atoms in total. The maximum Gasteiger partial charge on any atom is 0.305 e. The Morgan fingerprint density at radius 3 is 2.38 bits per heavy atom. The van der Waals surface area contributed by atoms with E-state index in [2.05, 4.69) is 10.6 Å². The van der Waals surface area contributed by atoms with Gasteiger partial charge < -0.3 is 20.5 Å². The van der Waals surface area contributed by atoms with E-state index in [0.29, 0.717) is 17.9 Å². The largest absolute Gasteiger partial charge is 0.481 e. The minimum atomic E-state index is -0.968. The Balaban J connectivity index is 2.47. The molecule has 0 aliphatic heterocycles. The summed E-state index contributed by atoms with van der Waals surface area (Å²) in [6.45, 7) is 0.416. The van der Waals surface area contributed by atoms with E-state index in [4.69, 9.17) is 9.84 Å². The number of carboxylic acid groups (broad SMARTS) is 1. The Morgan fingerprint density at radius 2 is 1.81 bits per heavy atom. The van der Waals surface area contributed by atoms with Crippen molar-refractivity contribution < 1.29 is 24.2 Å². The number of carboxylic acids is 1. The Bertz CT molecular complexity index is 499. The van der Waals surface area contributed by atoms with Crippen LogP contribution in [0.2, 0.25) is 0 Å². The summed E-state index contributed by atoms with van der Waals surface area (Å²) in [5.74, 6) is -1.49. The second-order valence-corrected chi connectivity index (χ2v) is 4.27. The predicted molar refractivity (Wildman–Crippen MR) is 76.2 cm³/mol. The third kappa shape index (κ3) is 6.53. The monoisotopic (exact) mass is 294 g/mol. The van der Waals surface area contributed by atoms with E-state index < -0.39 is 5.97 Å². The van der Waals surface area contributed by atoms with Crippen molar-refractivity contribution in [3.63, 3.8) is 0 Å². The van der Waals surface area contributed by atoms with Crippen molar-refractivity contribution in [2.24, 2.45) is 0 Å². The molecule has 0 saturated carbocycles. The number of aliphatic carboxylic acids is 1. The zero-order valence-corrected chi connectivity index (χ0v) is 11.7. The van der Waals surface area contributed by atoms with Crippen molar-refractivity contribution >= 4 is 23.5 Å². The highest BCUT2D eigenvalue weighted by molar-refractivity contribution is 5.95. The fourth-order valence-corrected chi connectivity index (χ4v) is 1.51. The minimum Gasteiger partial charge on any atom is -0.481 e. The molecule has 7 heteroatoms. The number of carbonyl (C=O) groups is 3. The average molecular weight is 294 g/mol. The third-order valence-electron chi connectivity index (χ3n) is 2.59. The standard InChI is InChI=1S/C14H18N2O5/c1-21-9-7-12(17)16-11-4-2-10(3-5-11)14(20)15-8-6-13(18)19/h2-5H,6-9H2,1H3,(H,15,20)(H,16,17)(H,18,19). The first-order chi connectivity index (χ1) is 10.0. The van der Waals surface area contributed by atoms with Crippen LogP contribution in [0.3, 0.4) is 0 Å². The van der Waals surface area contributed by atoms with Crippen LogP contribution in [-0.2, 0) is 14.3 Å². The number of anilines is 1. The number of amides is 2. The molecule has 3 N–H and O–H groups in total. The number of hydrogen-bond acceptors (Lipinski definition) is 4. The molecule has 0 spiro atoms. The molecule has 0 aliphatic rings. The van der Waals surface area contributed by atoms with Gasteiger partial charge in [0.1, 0.15) is 0 Å². The maximum absolute atomic E-state index is 11.7. The van der Waals surface area contributed by atoms with Gasteiger partial charge in [0.25, 0.3) is 5.91 Å². The Kier molecular flexibility index (Phi) is 6.90. The number of nitrogens with one attached hydrogen (secondary N) is 2. The second-order valence-electron chi connectivity index (χ2n) is 4.27. The van der Waals surface area contributed by atoms with Gasteiger partial charge in [0, 0.05) is 24.9 Å². The number of methoxy groups -OCH3 is 1. The van der Waals surface area contributed by atoms with Gasteiger partial charge >= 0.3 is 5.97 Å². The Labute approximate surface area is 122 Å². The number of carbonyl (C=O) groups excluding carboxylic acids is 2. The molecular weight excluding hydrogens is 276 g/mol. The highest BCUT2D eigenvalue weighted by Gasteiger charge is 2.07. The van der Waals surface area contributed by atoms with Gasteiger partial charge in [0.2, 0.25) is 5.91 Å². The summed E-state index contributed by atoms with van der Waals surface area (Å²) >= 11 is 0. The topological polar surface area (TPSA) is 105 Å². The fraction of sp³-hybridized carbons (Fsp3) is 0.357. The zero-order valence-electron chi connectivity index (χ0n) is 11.7. The van der Waals surface area contributed by atoms with E-state index in [9.17, 15) is 14.4 Å². The molecule has 1 aromatic rings. The van der Waals surface area contributed by atoms with E-state index in [0.717, 1.165) is 0 Å². The van der Waals surface area contributed by atoms with E-state index >= 15 is 0 Å². The van der Waals surface area contributed by atoms with Crippen molar-refractivity contribution in [3.8, 4) is 0 Å². The highest BCUT2D eigenvalue weighted by atomic mass is 16.5. The van der Waals surface area contributed by atoms with Gasteiger partial charge in [-0.15, -0.1) is 0 Å². The Morgan fingerprint density at radius 1 is 1.14 bits per heavy atom. The molecular formula is C14H18N2O5. The molecule has 1 aromatic carbocycles. The molecule has 0 heterocycles. The Hall–Kier alpha value is -2.41. The van der Waals surface area contributed by atoms with Crippen LogP contribution in [0.25, 0.3) is 0 Å². The van der Waals surface area contributed by atoms with Crippen LogP contribution in [-0.4, -0.2) is 43.2 Å². The number of benzene rings is 1. The van der Waals surface area contributed by atoms with Crippen LogP contribution in [0.15, 0.2) is 24.3 Å². The van der Waals surface area contributed by atoms with Crippen molar-refractivity contribution in [2.75, 3.05) is 25.6 Å². The van der Waals surface area contributed by atoms with E-state index in [1.807, 2.05) is 0 Å². The lowest BCUT2D eigenvalue weighted by Crippen LogP contribution is -2.25. The summed E-state index contributed by atoms with van der Waals surface area (Å²) in [7, 11) is 1.52. The van der Waals surface area contributed by atoms with Crippen LogP contribution in [0.1, 0.15) is 23.2 Å². The number of ether oxygens (including phenoxy) is 1. The summed E-state index contributed by atoms with van der Waals surface area (Å²) in [6.07, 6.45) is 0.132. The van der Waals surface area contributed by atoms with Crippen molar-refractivity contribution in [1.29, 1.82) is 0 Å². The summed E-state index contributed by atoms with van der Waals surface area (Å²) in [5, 5.41) is 13.6. The molecule has 2 amide bonds. The molecule has 0 bridgehead atoms. The van der Waals surface area contributed by atoms with Gasteiger partial charge in [-0.25, -0.2) is 0 Å². The van der Waals surface area contributed by atoms with Crippen LogP contribution >= 0.6 is 0 Å². The van der Waals surface area contributed by atoms with Gasteiger partial charge in [0.15, 0.2) is 0 Å². The quantitative estimate of drug-likeness (QED) is 0.659. The lowest BCUT2D eigenvalue weighted by molar-refractivity contribution is -0.136. The maximum atomic E-state index is 11.7. The average Bonchev–Trinajstić information content (AvgIpc) is 2.45. The molecule has 21 heavy (non-hydrogen) atoms. The van der Waals surface area contributed by atoms with E-state index in [-0.39, 0.29) is 31.2 Å². The number of rotatable bonds is 8. The molecule has 0 atom stereocenters. The van der Waals surface area contributed by atoms with Crippen LogP contribution in [0, 0.1) is 0 Å². The number of hydrogen-bond donors (Lipinski definition) is 3. The highest BCUT2D eigenvalue weighted by Crippen LogP contribution is 2.10. The van der Waals surface area contributed by atoms with Crippen LogP contribution in [0.5, 0.6) is 0 Å². The lowest BCUT2D eigenvalue weighted by Gasteiger charge is -2.07.